The molecule has 8 heteroatoms. The molecule has 1 fully saturated rings. The van der Waals surface area contributed by atoms with Gasteiger partial charge in [-0.15, -0.1) is 0 Å². The average molecular weight is 306 g/mol. The summed E-state index contributed by atoms with van der Waals surface area (Å²) in [6.45, 7) is 0.977. The van der Waals surface area contributed by atoms with Gasteiger partial charge in [-0.1, -0.05) is 6.07 Å². The van der Waals surface area contributed by atoms with Crippen LogP contribution in [0.4, 0.5) is 4.79 Å². The molecule has 2 rings (SSSR count). The molecule has 0 unspecified atom stereocenters. The molecule has 1 aliphatic rings. The molecule has 8 nitrogen and oxygen atoms in total. The molecule has 4 amide bonds. The maximum absolute atomic E-state index is 11.6. The van der Waals surface area contributed by atoms with Gasteiger partial charge >= 0.3 is 6.03 Å². The van der Waals surface area contributed by atoms with Crippen molar-refractivity contribution in [2.75, 3.05) is 6.54 Å². The van der Waals surface area contributed by atoms with Crippen molar-refractivity contribution in [3.05, 3.63) is 34.7 Å². The first kappa shape index (κ1) is 15.7. The third kappa shape index (κ3) is 4.44. The Kier molecular flexibility index (Phi) is 5.29. The molecule has 0 radical (unpaired) electrons. The van der Waals surface area contributed by atoms with Crippen LogP contribution in [0, 0.1) is 0 Å². The quantitative estimate of drug-likeness (QED) is 0.459. The molecule has 1 saturated heterocycles. The van der Waals surface area contributed by atoms with E-state index in [9.17, 15) is 19.2 Å². The number of hydrogen-bond acceptors (Lipinski definition) is 4. The average Bonchev–Trinajstić information content (AvgIpc) is 2.81. The second-order valence-electron chi connectivity index (χ2n) is 4.99. The first-order valence-electron chi connectivity index (χ1n) is 7.10. The van der Waals surface area contributed by atoms with E-state index in [2.05, 4.69) is 16.0 Å². The topological polar surface area (TPSA) is 109 Å². The van der Waals surface area contributed by atoms with Crippen LogP contribution in [-0.4, -0.2) is 35.0 Å². The minimum absolute atomic E-state index is 0.0724. The fraction of sp³-hybridized carbons (Fsp3) is 0.429. The molecule has 0 spiro atoms. The minimum atomic E-state index is -0.638. The van der Waals surface area contributed by atoms with Crippen LogP contribution in [0.2, 0.25) is 0 Å². The Bertz CT molecular complexity index is 625. The van der Waals surface area contributed by atoms with Gasteiger partial charge in [0.2, 0.25) is 11.5 Å². The molecule has 0 saturated carbocycles. The lowest BCUT2D eigenvalue weighted by Crippen LogP contribution is -2.32. The van der Waals surface area contributed by atoms with Crippen LogP contribution in [0.1, 0.15) is 19.3 Å². The monoisotopic (exact) mass is 306 g/mol. The molecule has 1 atom stereocenters. The van der Waals surface area contributed by atoms with Crippen molar-refractivity contribution in [3.63, 3.8) is 0 Å². The third-order valence-corrected chi connectivity index (χ3v) is 3.32. The van der Waals surface area contributed by atoms with Gasteiger partial charge in [0.1, 0.15) is 6.04 Å². The maximum atomic E-state index is 11.6. The summed E-state index contributed by atoms with van der Waals surface area (Å²) >= 11 is 0. The molecule has 0 bridgehead atoms. The van der Waals surface area contributed by atoms with Gasteiger partial charge in [0.05, 0.1) is 0 Å². The molecule has 1 aromatic heterocycles. The predicted octanol–water partition coefficient (Wildman–Crippen LogP) is -0.657. The molecule has 118 valence electrons. The Labute approximate surface area is 126 Å². The Morgan fingerprint density at radius 3 is 2.77 bits per heavy atom. The van der Waals surface area contributed by atoms with Crippen molar-refractivity contribution >= 4 is 17.8 Å². The van der Waals surface area contributed by atoms with Crippen LogP contribution >= 0.6 is 0 Å². The highest BCUT2D eigenvalue weighted by atomic mass is 16.2. The van der Waals surface area contributed by atoms with Crippen LogP contribution in [0.3, 0.4) is 0 Å². The number of urea groups is 1. The Hall–Kier alpha value is -2.64. The van der Waals surface area contributed by atoms with Gasteiger partial charge in [-0.3, -0.25) is 19.7 Å². The highest BCUT2D eigenvalue weighted by Gasteiger charge is 2.29. The number of hydrogen-bond donors (Lipinski definition) is 3. The lowest BCUT2D eigenvalue weighted by molar-refractivity contribution is -0.122. The molecular formula is C14H18N4O4. The number of nitrogens with one attached hydrogen (secondary N) is 3. The van der Waals surface area contributed by atoms with E-state index in [1.807, 2.05) is 0 Å². The molecule has 3 N–H and O–H groups in total. The molecule has 0 aliphatic carbocycles. The lowest BCUT2D eigenvalue weighted by Gasteiger charge is -2.08. The predicted molar refractivity (Wildman–Crippen MR) is 78.0 cm³/mol. The van der Waals surface area contributed by atoms with Crippen LogP contribution in [0.25, 0.3) is 0 Å². The number of carbonyl (C=O) groups excluding carboxylic acids is 3. The van der Waals surface area contributed by atoms with Gasteiger partial charge in [0.25, 0.3) is 5.91 Å². The summed E-state index contributed by atoms with van der Waals surface area (Å²) in [6, 6.07) is 3.78. The number of aromatic nitrogens is 1. The van der Waals surface area contributed by atoms with E-state index in [1.54, 1.807) is 22.9 Å². The smallest absolute Gasteiger partial charge is 0.322 e. The van der Waals surface area contributed by atoms with Crippen molar-refractivity contribution in [1.29, 1.82) is 0 Å². The summed E-state index contributed by atoms with van der Waals surface area (Å²) in [5.74, 6) is -0.587. The molecule has 1 aromatic rings. The SMILES string of the molecule is O=C(CC[C@@H]1NC(=O)NC1=O)NCCCn1ccccc1=O. The van der Waals surface area contributed by atoms with E-state index in [-0.39, 0.29) is 24.3 Å². The van der Waals surface area contributed by atoms with E-state index in [4.69, 9.17) is 0 Å². The van der Waals surface area contributed by atoms with Crippen molar-refractivity contribution in [2.45, 2.75) is 31.8 Å². The normalized spacial score (nSPS) is 17.0. The van der Waals surface area contributed by atoms with Gasteiger partial charge in [-0.05, 0) is 18.9 Å². The van der Waals surface area contributed by atoms with Crippen LogP contribution in [0.15, 0.2) is 29.2 Å². The van der Waals surface area contributed by atoms with Gasteiger partial charge < -0.3 is 15.2 Å². The number of rotatable bonds is 7. The largest absolute Gasteiger partial charge is 0.356 e. The number of carbonyl (C=O) groups is 3. The zero-order valence-electron chi connectivity index (χ0n) is 12.0. The van der Waals surface area contributed by atoms with Crippen molar-refractivity contribution in [3.8, 4) is 0 Å². The van der Waals surface area contributed by atoms with Gasteiger partial charge in [-0.25, -0.2) is 4.79 Å². The second-order valence-corrected chi connectivity index (χ2v) is 4.99. The van der Waals surface area contributed by atoms with Crippen molar-refractivity contribution < 1.29 is 14.4 Å². The molecule has 2 heterocycles. The number of aryl methyl sites for hydroxylation is 1. The zero-order valence-corrected chi connectivity index (χ0v) is 12.0. The highest BCUT2D eigenvalue weighted by molar-refractivity contribution is 6.04. The number of amides is 4. The summed E-state index contributed by atoms with van der Waals surface area (Å²) in [4.78, 5) is 45.3. The van der Waals surface area contributed by atoms with Crippen molar-refractivity contribution in [1.82, 2.24) is 20.5 Å². The first-order chi connectivity index (χ1) is 10.6. The van der Waals surface area contributed by atoms with Gasteiger partial charge in [0.15, 0.2) is 0 Å². The van der Waals surface area contributed by atoms with Gasteiger partial charge in [-0.2, -0.15) is 0 Å². The van der Waals surface area contributed by atoms with Crippen LogP contribution < -0.4 is 21.5 Å². The third-order valence-electron chi connectivity index (χ3n) is 3.32. The fourth-order valence-corrected chi connectivity index (χ4v) is 2.15. The van der Waals surface area contributed by atoms with E-state index in [0.717, 1.165) is 0 Å². The Morgan fingerprint density at radius 1 is 1.27 bits per heavy atom. The highest BCUT2D eigenvalue weighted by Crippen LogP contribution is 2.02. The van der Waals surface area contributed by atoms with Gasteiger partial charge in [0, 0.05) is 31.8 Å². The van der Waals surface area contributed by atoms with E-state index < -0.39 is 18.0 Å². The maximum Gasteiger partial charge on any atom is 0.322 e. The summed E-state index contributed by atoms with van der Waals surface area (Å²) in [5, 5.41) is 7.27. The summed E-state index contributed by atoms with van der Waals surface area (Å²) in [5.41, 5.74) is -0.0724. The zero-order chi connectivity index (χ0) is 15.9. The van der Waals surface area contributed by atoms with E-state index in [0.29, 0.717) is 19.5 Å². The minimum Gasteiger partial charge on any atom is -0.356 e. The number of imide groups is 1. The standard InChI is InChI=1S/C14H18N4O4/c19-11(6-5-10-13(21)17-14(22)16-10)15-7-3-9-18-8-2-1-4-12(18)20/h1-2,4,8,10H,3,5-7,9H2,(H,15,19)(H2,16,17,21,22)/t10-/m0/s1. The first-order valence-corrected chi connectivity index (χ1v) is 7.10. The Balaban J connectivity index is 1.62. The van der Waals surface area contributed by atoms with E-state index in [1.165, 1.54) is 6.07 Å². The molecule has 1 aliphatic heterocycles. The molecular weight excluding hydrogens is 288 g/mol. The fourth-order valence-electron chi connectivity index (χ4n) is 2.15. The number of pyridine rings is 1. The summed E-state index contributed by atoms with van der Waals surface area (Å²) in [7, 11) is 0. The number of nitrogens with zero attached hydrogens (tertiary/aromatic N) is 1. The summed E-state index contributed by atoms with van der Waals surface area (Å²) < 4.78 is 1.57. The summed E-state index contributed by atoms with van der Waals surface area (Å²) in [6.07, 6.45) is 2.76. The molecule has 0 aromatic carbocycles. The molecule has 22 heavy (non-hydrogen) atoms. The second kappa shape index (κ2) is 7.39. The lowest BCUT2D eigenvalue weighted by atomic mass is 10.1. The van der Waals surface area contributed by atoms with Crippen LogP contribution in [-0.2, 0) is 16.1 Å². The van der Waals surface area contributed by atoms with E-state index >= 15 is 0 Å². The van der Waals surface area contributed by atoms with Crippen LogP contribution in [0.5, 0.6) is 0 Å². The Morgan fingerprint density at radius 2 is 2.09 bits per heavy atom. The van der Waals surface area contributed by atoms with Crippen molar-refractivity contribution in [2.24, 2.45) is 0 Å².